The summed E-state index contributed by atoms with van der Waals surface area (Å²) in [5, 5.41) is 5.02. The minimum atomic E-state index is -4.62. The van der Waals surface area contributed by atoms with Crippen LogP contribution in [0.5, 0.6) is 0 Å². The van der Waals surface area contributed by atoms with Crippen molar-refractivity contribution in [2.75, 3.05) is 0 Å². The molecule has 3 aromatic carbocycles. The van der Waals surface area contributed by atoms with Crippen LogP contribution in [0.4, 0.5) is 22.0 Å². The molecule has 0 unspecified atom stereocenters. The maximum absolute atomic E-state index is 13.6. The SMILES string of the molecule is NS(=O)(=O)c1ccc(-c2cc(C(F)(F)F)ccc2-c2ccc(F)c(F)c2)cc1. The van der Waals surface area contributed by atoms with Crippen LogP contribution in [0, 0.1) is 11.6 Å². The van der Waals surface area contributed by atoms with Crippen LogP contribution in [-0.4, -0.2) is 8.42 Å². The molecular weight excluding hydrogens is 401 g/mol. The van der Waals surface area contributed by atoms with Crippen molar-refractivity contribution in [3.05, 3.63) is 77.9 Å². The summed E-state index contributed by atoms with van der Waals surface area (Å²) in [6, 6.07) is 10.7. The fraction of sp³-hybridized carbons (Fsp3) is 0.0526. The van der Waals surface area contributed by atoms with Gasteiger partial charge >= 0.3 is 6.18 Å². The largest absolute Gasteiger partial charge is 0.416 e. The molecule has 3 rings (SSSR count). The van der Waals surface area contributed by atoms with Gasteiger partial charge in [-0.2, -0.15) is 13.2 Å². The molecule has 0 saturated heterocycles. The van der Waals surface area contributed by atoms with Gasteiger partial charge in [-0.25, -0.2) is 22.3 Å². The number of benzene rings is 3. The van der Waals surface area contributed by atoms with Crippen LogP contribution in [-0.2, 0) is 16.2 Å². The molecule has 0 amide bonds. The van der Waals surface area contributed by atoms with Gasteiger partial charge in [-0.15, -0.1) is 0 Å². The second-order valence-corrected chi connectivity index (χ2v) is 7.52. The third-order valence-electron chi connectivity index (χ3n) is 4.07. The van der Waals surface area contributed by atoms with Crippen molar-refractivity contribution in [2.45, 2.75) is 11.1 Å². The van der Waals surface area contributed by atoms with E-state index in [1.807, 2.05) is 0 Å². The van der Waals surface area contributed by atoms with Crippen LogP contribution in [0.2, 0.25) is 0 Å². The molecule has 0 fully saturated rings. The highest BCUT2D eigenvalue weighted by atomic mass is 32.2. The molecule has 9 heteroatoms. The summed E-state index contributed by atoms with van der Waals surface area (Å²) in [6.07, 6.45) is -4.62. The fourth-order valence-corrected chi connectivity index (χ4v) is 3.21. The van der Waals surface area contributed by atoms with Gasteiger partial charge in [-0.1, -0.05) is 24.3 Å². The van der Waals surface area contributed by atoms with Gasteiger partial charge in [0.05, 0.1) is 10.5 Å². The Bertz CT molecular complexity index is 1140. The van der Waals surface area contributed by atoms with Gasteiger partial charge in [0.15, 0.2) is 11.6 Å². The Morgan fingerprint density at radius 3 is 1.86 bits per heavy atom. The first-order chi connectivity index (χ1) is 13.0. The van der Waals surface area contributed by atoms with Crippen molar-refractivity contribution >= 4 is 10.0 Å². The smallest absolute Gasteiger partial charge is 0.225 e. The predicted octanol–water partition coefficient (Wildman–Crippen LogP) is 4.97. The van der Waals surface area contributed by atoms with Crippen molar-refractivity contribution < 1.29 is 30.4 Å². The molecule has 0 radical (unpaired) electrons. The molecular formula is C19H12F5NO2S. The molecule has 3 nitrogen and oxygen atoms in total. The number of nitrogens with two attached hydrogens (primary N) is 1. The van der Waals surface area contributed by atoms with E-state index >= 15 is 0 Å². The molecule has 0 saturated carbocycles. The van der Waals surface area contributed by atoms with Crippen LogP contribution in [0.15, 0.2) is 65.6 Å². The normalized spacial score (nSPS) is 12.2. The van der Waals surface area contributed by atoms with Crippen LogP contribution in [0.1, 0.15) is 5.56 Å². The molecule has 28 heavy (non-hydrogen) atoms. The maximum atomic E-state index is 13.6. The second-order valence-electron chi connectivity index (χ2n) is 5.96. The lowest BCUT2D eigenvalue weighted by molar-refractivity contribution is -0.137. The quantitative estimate of drug-likeness (QED) is 0.617. The van der Waals surface area contributed by atoms with Gasteiger partial charge in [0.1, 0.15) is 0 Å². The topological polar surface area (TPSA) is 60.2 Å². The molecule has 0 aromatic heterocycles. The average molecular weight is 413 g/mol. The Hall–Kier alpha value is -2.78. The van der Waals surface area contributed by atoms with Crippen molar-refractivity contribution in [2.24, 2.45) is 5.14 Å². The average Bonchev–Trinajstić information content (AvgIpc) is 2.62. The lowest BCUT2D eigenvalue weighted by Gasteiger charge is -2.15. The van der Waals surface area contributed by atoms with E-state index in [0.717, 1.165) is 42.5 Å². The van der Waals surface area contributed by atoms with Crippen molar-refractivity contribution in [3.63, 3.8) is 0 Å². The van der Waals surface area contributed by atoms with E-state index in [0.29, 0.717) is 0 Å². The van der Waals surface area contributed by atoms with E-state index in [4.69, 9.17) is 5.14 Å². The van der Waals surface area contributed by atoms with Crippen molar-refractivity contribution in [3.8, 4) is 22.3 Å². The summed E-state index contributed by atoms with van der Waals surface area (Å²) >= 11 is 0. The maximum Gasteiger partial charge on any atom is 0.416 e. The first-order valence-electron chi connectivity index (χ1n) is 7.77. The summed E-state index contributed by atoms with van der Waals surface area (Å²) in [4.78, 5) is -0.211. The Morgan fingerprint density at radius 2 is 1.32 bits per heavy atom. The van der Waals surface area contributed by atoms with Crippen molar-refractivity contribution in [1.29, 1.82) is 0 Å². The number of alkyl halides is 3. The van der Waals surface area contributed by atoms with Crippen molar-refractivity contribution in [1.82, 2.24) is 0 Å². The first kappa shape index (κ1) is 20.0. The third-order valence-corrected chi connectivity index (χ3v) is 5.00. The van der Waals surface area contributed by atoms with E-state index in [9.17, 15) is 30.4 Å². The van der Waals surface area contributed by atoms with Crippen LogP contribution in [0.25, 0.3) is 22.3 Å². The van der Waals surface area contributed by atoms with Gasteiger partial charge in [0.2, 0.25) is 10.0 Å². The van der Waals surface area contributed by atoms with Gasteiger partial charge in [0.25, 0.3) is 0 Å². The zero-order chi connectivity index (χ0) is 20.7. The number of sulfonamides is 1. The zero-order valence-electron chi connectivity index (χ0n) is 14.0. The van der Waals surface area contributed by atoms with E-state index in [1.165, 1.54) is 18.2 Å². The number of primary sulfonamides is 1. The number of rotatable bonds is 3. The summed E-state index contributed by atoms with van der Waals surface area (Å²) in [7, 11) is -3.98. The molecule has 2 N–H and O–H groups in total. The minimum Gasteiger partial charge on any atom is -0.225 e. The highest BCUT2D eigenvalue weighted by Gasteiger charge is 2.31. The number of hydrogen-bond donors (Lipinski definition) is 1. The lowest BCUT2D eigenvalue weighted by Crippen LogP contribution is -2.11. The van der Waals surface area contributed by atoms with Crippen LogP contribution >= 0.6 is 0 Å². The fourth-order valence-electron chi connectivity index (χ4n) is 2.70. The molecule has 0 aliphatic carbocycles. The predicted molar refractivity (Wildman–Crippen MR) is 93.6 cm³/mol. The van der Waals surface area contributed by atoms with E-state index in [1.54, 1.807) is 0 Å². The van der Waals surface area contributed by atoms with Gasteiger partial charge in [0, 0.05) is 0 Å². The zero-order valence-corrected chi connectivity index (χ0v) is 14.8. The van der Waals surface area contributed by atoms with E-state index < -0.39 is 33.4 Å². The molecule has 0 atom stereocenters. The molecule has 0 heterocycles. The van der Waals surface area contributed by atoms with Crippen LogP contribution < -0.4 is 5.14 Å². The molecule has 0 bridgehead atoms. The molecule has 146 valence electrons. The monoisotopic (exact) mass is 413 g/mol. The summed E-state index contributed by atoms with van der Waals surface area (Å²) in [6.45, 7) is 0. The standard InChI is InChI=1S/C19H12F5NO2S/c20-17-8-3-12(9-18(17)21)15-7-4-13(19(22,23)24)10-16(15)11-1-5-14(6-2-11)28(25,26)27/h1-10H,(H2,25,26,27). The van der Waals surface area contributed by atoms with Crippen LogP contribution in [0.3, 0.4) is 0 Å². The molecule has 0 spiro atoms. The Balaban J connectivity index is 2.22. The van der Waals surface area contributed by atoms with Gasteiger partial charge in [-0.05, 0) is 58.7 Å². The molecule has 0 aliphatic rings. The summed E-state index contributed by atoms with van der Waals surface area (Å²) in [5.41, 5.74) is -0.238. The second kappa shape index (κ2) is 6.99. The van der Waals surface area contributed by atoms with E-state index in [-0.39, 0.29) is 27.1 Å². The van der Waals surface area contributed by atoms with Gasteiger partial charge in [-0.3, -0.25) is 0 Å². The molecule has 0 aliphatic heterocycles. The third kappa shape index (κ3) is 4.05. The highest BCUT2D eigenvalue weighted by molar-refractivity contribution is 7.89. The summed E-state index contributed by atoms with van der Waals surface area (Å²) < 4.78 is 89.0. The molecule has 3 aromatic rings. The Labute approximate surface area is 157 Å². The Kier molecular flexibility index (Phi) is 4.99. The highest BCUT2D eigenvalue weighted by Crippen LogP contribution is 2.38. The minimum absolute atomic E-state index is 0.0711. The summed E-state index contributed by atoms with van der Waals surface area (Å²) in [5.74, 6) is -2.23. The first-order valence-corrected chi connectivity index (χ1v) is 9.31. The van der Waals surface area contributed by atoms with Gasteiger partial charge < -0.3 is 0 Å². The Morgan fingerprint density at radius 1 is 0.714 bits per heavy atom. The number of hydrogen-bond acceptors (Lipinski definition) is 2. The lowest BCUT2D eigenvalue weighted by atomic mass is 9.92. The number of halogens is 5. The van der Waals surface area contributed by atoms with E-state index in [2.05, 4.69) is 0 Å².